The molecule has 1 aliphatic carbocycles. The van der Waals surface area contributed by atoms with E-state index in [4.69, 9.17) is 14.6 Å². The summed E-state index contributed by atoms with van der Waals surface area (Å²) in [6.45, 7) is 2.15. The molecule has 6 nitrogen and oxygen atoms in total. The predicted molar refractivity (Wildman–Crippen MR) is 90.5 cm³/mol. The third-order valence-electron chi connectivity index (χ3n) is 6.42. The van der Waals surface area contributed by atoms with E-state index in [0.29, 0.717) is 25.2 Å². The molecule has 6 rings (SSSR count). The first-order valence-electron chi connectivity index (χ1n) is 8.76. The molecule has 4 heterocycles. The molecular formula is C19H20N2O4. The normalized spacial score (nSPS) is 38.1. The van der Waals surface area contributed by atoms with E-state index in [1.54, 1.807) is 6.92 Å². The summed E-state index contributed by atoms with van der Waals surface area (Å²) in [5.41, 5.74) is 1.67. The van der Waals surface area contributed by atoms with Crippen molar-refractivity contribution in [3.63, 3.8) is 0 Å². The highest BCUT2D eigenvalue weighted by molar-refractivity contribution is 6.40. The van der Waals surface area contributed by atoms with Crippen LogP contribution in [0.3, 0.4) is 0 Å². The quantitative estimate of drug-likeness (QED) is 0.821. The topological polar surface area (TPSA) is 68.2 Å². The Hall–Kier alpha value is -2.05. The van der Waals surface area contributed by atoms with E-state index in [-0.39, 0.29) is 35.7 Å². The molecule has 130 valence electrons. The van der Waals surface area contributed by atoms with Gasteiger partial charge in [0.05, 0.1) is 37.3 Å². The van der Waals surface area contributed by atoms with Crippen molar-refractivity contribution in [3.8, 4) is 0 Å². The molecule has 1 aromatic rings. The van der Waals surface area contributed by atoms with E-state index in [1.165, 1.54) is 12.2 Å². The molecule has 25 heavy (non-hydrogen) atoms. The molecule has 0 radical (unpaired) electrons. The van der Waals surface area contributed by atoms with Gasteiger partial charge in [-0.05, 0) is 24.5 Å². The number of benzene rings is 1. The fourth-order valence-electron chi connectivity index (χ4n) is 5.36. The van der Waals surface area contributed by atoms with Gasteiger partial charge in [-0.3, -0.25) is 19.4 Å². The van der Waals surface area contributed by atoms with Crippen molar-refractivity contribution in [1.82, 2.24) is 0 Å². The van der Waals surface area contributed by atoms with Gasteiger partial charge in [-0.25, -0.2) is 0 Å². The number of hydroxylamine groups is 1. The van der Waals surface area contributed by atoms with E-state index >= 15 is 0 Å². The van der Waals surface area contributed by atoms with Crippen molar-refractivity contribution >= 4 is 23.1 Å². The van der Waals surface area contributed by atoms with Gasteiger partial charge in [-0.2, -0.15) is 5.06 Å². The fraction of sp³-hybridized carbons (Fsp3) is 0.526. The number of carbonyl (C=O) groups excluding carboxylic acids is 2. The minimum Gasteiger partial charge on any atom is -0.376 e. The van der Waals surface area contributed by atoms with Crippen LogP contribution in [0.2, 0.25) is 0 Å². The zero-order chi connectivity index (χ0) is 17.3. The number of carbonyl (C=O) groups is 2. The van der Waals surface area contributed by atoms with Crippen LogP contribution in [0, 0.1) is 11.8 Å². The first kappa shape index (κ1) is 15.2. The zero-order valence-corrected chi connectivity index (χ0v) is 14.3. The van der Waals surface area contributed by atoms with E-state index in [1.807, 2.05) is 24.3 Å². The fourth-order valence-corrected chi connectivity index (χ4v) is 5.36. The number of hydrogen-bond donors (Lipinski definition) is 0. The van der Waals surface area contributed by atoms with Gasteiger partial charge in [0.1, 0.15) is 5.41 Å². The molecule has 5 atom stereocenters. The summed E-state index contributed by atoms with van der Waals surface area (Å²) in [7, 11) is 1.51. The lowest BCUT2D eigenvalue weighted by molar-refractivity contribution is -0.137. The maximum absolute atomic E-state index is 13.4. The number of hydrogen-bond acceptors (Lipinski definition) is 5. The van der Waals surface area contributed by atoms with Crippen LogP contribution in [0.1, 0.15) is 25.3 Å². The van der Waals surface area contributed by atoms with Crippen LogP contribution in [0.4, 0.5) is 5.69 Å². The highest BCUT2D eigenvalue weighted by atomic mass is 16.7. The van der Waals surface area contributed by atoms with Gasteiger partial charge in [0, 0.05) is 18.8 Å². The Labute approximate surface area is 145 Å². The van der Waals surface area contributed by atoms with Crippen molar-refractivity contribution < 1.29 is 19.2 Å². The summed E-state index contributed by atoms with van der Waals surface area (Å²) in [5.74, 6) is 0.281. The zero-order valence-electron chi connectivity index (χ0n) is 14.3. The highest BCUT2D eigenvalue weighted by Gasteiger charge is 2.64. The molecule has 1 amide bonds. The average Bonchev–Trinajstić information content (AvgIpc) is 2.97. The standard InChI is InChI=1S/C19H20N2O4/c1-10(22)17-11-7-16-19(8-14(20-17)12(11)9-25-16)13-5-3-4-6-15(13)21(24-2)18(19)23/h3-6,11-12,14,16H,7-9H2,1-2H3. The van der Waals surface area contributed by atoms with E-state index in [9.17, 15) is 9.59 Å². The Morgan fingerprint density at radius 2 is 2.20 bits per heavy atom. The lowest BCUT2D eigenvalue weighted by Gasteiger charge is -2.38. The second-order valence-electron chi connectivity index (χ2n) is 7.44. The average molecular weight is 340 g/mol. The number of ether oxygens (including phenoxy) is 1. The summed E-state index contributed by atoms with van der Waals surface area (Å²) in [6.07, 6.45) is 0.986. The molecule has 4 bridgehead atoms. The first-order chi connectivity index (χ1) is 12.1. The Morgan fingerprint density at radius 3 is 2.96 bits per heavy atom. The summed E-state index contributed by atoms with van der Waals surface area (Å²) in [6, 6.07) is 7.71. The molecular weight excluding hydrogens is 320 g/mol. The summed E-state index contributed by atoms with van der Waals surface area (Å²) in [4.78, 5) is 35.5. The Balaban J connectivity index is 1.69. The number of Topliss-reactive ketones (excluding diaryl/α,β-unsaturated/α-hetero) is 1. The predicted octanol–water partition coefficient (Wildman–Crippen LogP) is 1.67. The number of fused-ring (bicyclic) bond motifs is 2. The lowest BCUT2D eigenvalue weighted by atomic mass is 9.71. The van der Waals surface area contributed by atoms with Crippen molar-refractivity contribution in [2.75, 3.05) is 18.8 Å². The van der Waals surface area contributed by atoms with E-state index in [0.717, 1.165) is 11.3 Å². The van der Waals surface area contributed by atoms with Crippen LogP contribution in [-0.2, 0) is 24.6 Å². The summed E-state index contributed by atoms with van der Waals surface area (Å²) in [5, 5.41) is 1.39. The van der Waals surface area contributed by atoms with Gasteiger partial charge in [-0.15, -0.1) is 0 Å². The molecule has 5 unspecified atom stereocenters. The molecule has 0 N–H and O–H groups in total. The maximum Gasteiger partial charge on any atom is 0.264 e. The van der Waals surface area contributed by atoms with Gasteiger partial charge >= 0.3 is 0 Å². The number of para-hydroxylation sites is 1. The number of rotatable bonds is 2. The molecule has 5 aliphatic rings. The van der Waals surface area contributed by atoms with Crippen molar-refractivity contribution in [3.05, 3.63) is 29.8 Å². The monoisotopic (exact) mass is 340 g/mol. The van der Waals surface area contributed by atoms with Gasteiger partial charge in [-0.1, -0.05) is 18.2 Å². The third kappa shape index (κ3) is 1.74. The van der Waals surface area contributed by atoms with E-state index < -0.39 is 5.41 Å². The number of aliphatic imine (C=N–C) groups is 1. The Bertz CT molecular complexity index is 819. The number of anilines is 1. The molecule has 0 aromatic heterocycles. The largest absolute Gasteiger partial charge is 0.376 e. The molecule has 4 aliphatic heterocycles. The molecule has 3 fully saturated rings. The van der Waals surface area contributed by atoms with Crippen LogP contribution < -0.4 is 5.06 Å². The third-order valence-corrected chi connectivity index (χ3v) is 6.42. The van der Waals surface area contributed by atoms with Crippen LogP contribution in [-0.4, -0.2) is 43.3 Å². The summed E-state index contributed by atoms with van der Waals surface area (Å²) < 4.78 is 6.18. The summed E-state index contributed by atoms with van der Waals surface area (Å²) >= 11 is 0. The second kappa shape index (κ2) is 4.99. The molecule has 1 aromatic carbocycles. The smallest absolute Gasteiger partial charge is 0.264 e. The van der Waals surface area contributed by atoms with Crippen molar-refractivity contribution in [1.29, 1.82) is 0 Å². The molecule has 1 saturated carbocycles. The Kier molecular flexibility index (Phi) is 3.04. The highest BCUT2D eigenvalue weighted by Crippen LogP contribution is 2.56. The van der Waals surface area contributed by atoms with Gasteiger partial charge in [0.15, 0.2) is 5.78 Å². The van der Waals surface area contributed by atoms with Crippen molar-refractivity contribution in [2.24, 2.45) is 16.8 Å². The minimum absolute atomic E-state index is 0.0470. The van der Waals surface area contributed by atoms with Gasteiger partial charge in [0.25, 0.3) is 5.91 Å². The molecule has 1 spiro atoms. The number of amides is 1. The maximum atomic E-state index is 13.4. The molecule has 2 saturated heterocycles. The van der Waals surface area contributed by atoms with E-state index in [2.05, 4.69) is 0 Å². The SMILES string of the molecule is CON1C(=O)C2(CC3N=C(C(C)=O)C4CC2OCC34)c2ccccc21. The lowest BCUT2D eigenvalue weighted by Crippen LogP contribution is -2.51. The number of nitrogens with zero attached hydrogens (tertiary/aromatic N) is 2. The van der Waals surface area contributed by atoms with Crippen LogP contribution in [0.25, 0.3) is 0 Å². The van der Waals surface area contributed by atoms with Crippen LogP contribution >= 0.6 is 0 Å². The van der Waals surface area contributed by atoms with Crippen LogP contribution in [0.15, 0.2) is 29.3 Å². The first-order valence-corrected chi connectivity index (χ1v) is 8.76. The van der Waals surface area contributed by atoms with Crippen LogP contribution in [0.5, 0.6) is 0 Å². The van der Waals surface area contributed by atoms with Gasteiger partial charge in [0.2, 0.25) is 0 Å². The number of ketones is 1. The molecule has 6 heteroatoms. The Morgan fingerprint density at radius 1 is 1.40 bits per heavy atom. The van der Waals surface area contributed by atoms with Crippen molar-refractivity contribution in [2.45, 2.75) is 37.3 Å². The minimum atomic E-state index is -0.771. The second-order valence-corrected chi connectivity index (χ2v) is 7.44. The van der Waals surface area contributed by atoms with Gasteiger partial charge < -0.3 is 4.74 Å².